The number of hydrogen-bond donors (Lipinski definition) is 1. The summed E-state index contributed by atoms with van der Waals surface area (Å²) in [4.78, 5) is 0. The zero-order chi connectivity index (χ0) is 17.7. The molecule has 0 aliphatic heterocycles. The van der Waals surface area contributed by atoms with Crippen molar-refractivity contribution in [1.29, 1.82) is 0 Å². The summed E-state index contributed by atoms with van der Waals surface area (Å²) in [6, 6.07) is 13.9. The van der Waals surface area contributed by atoms with E-state index in [0.717, 1.165) is 30.5 Å². The second-order valence-corrected chi connectivity index (χ2v) is 6.19. The molecule has 2 unspecified atom stereocenters. The van der Waals surface area contributed by atoms with Gasteiger partial charge in [0, 0.05) is 0 Å². The molecule has 2 aromatic carbocycles. The van der Waals surface area contributed by atoms with Gasteiger partial charge in [0.05, 0.1) is 5.56 Å². The van der Waals surface area contributed by atoms with Crippen molar-refractivity contribution in [1.82, 2.24) is 0 Å². The van der Waals surface area contributed by atoms with Crippen LogP contribution in [0.5, 0.6) is 0 Å². The Morgan fingerprint density at radius 3 is 1.92 bits per heavy atom. The van der Waals surface area contributed by atoms with Gasteiger partial charge in [-0.15, -0.1) is 0 Å². The summed E-state index contributed by atoms with van der Waals surface area (Å²) in [6.45, 7) is 4.71. The van der Waals surface area contributed by atoms with Crippen molar-refractivity contribution in [3.05, 3.63) is 70.8 Å². The number of alkyl halides is 3. The first kappa shape index (κ1) is 18.5. The molecule has 2 rings (SSSR count). The molecule has 0 aliphatic rings. The van der Waals surface area contributed by atoms with E-state index in [9.17, 15) is 13.2 Å². The van der Waals surface area contributed by atoms with E-state index in [-0.39, 0.29) is 11.8 Å². The van der Waals surface area contributed by atoms with Crippen molar-refractivity contribution in [2.75, 3.05) is 6.54 Å². The maximum atomic E-state index is 12.7. The maximum absolute atomic E-state index is 12.7. The fraction of sp³-hybridized carbons (Fsp3) is 0.400. The third-order valence-electron chi connectivity index (χ3n) is 4.66. The van der Waals surface area contributed by atoms with Gasteiger partial charge >= 0.3 is 6.18 Å². The molecule has 0 aromatic heterocycles. The Labute approximate surface area is 141 Å². The van der Waals surface area contributed by atoms with Crippen molar-refractivity contribution in [3.8, 4) is 0 Å². The van der Waals surface area contributed by atoms with Crippen LogP contribution in [0.25, 0.3) is 0 Å². The number of benzene rings is 2. The number of halogens is 3. The lowest BCUT2D eigenvalue weighted by Crippen LogP contribution is -2.14. The smallest absolute Gasteiger partial charge is 0.330 e. The molecule has 0 aliphatic carbocycles. The van der Waals surface area contributed by atoms with Crippen LogP contribution in [0.3, 0.4) is 0 Å². The second-order valence-electron chi connectivity index (χ2n) is 6.19. The van der Waals surface area contributed by atoms with Gasteiger partial charge in [-0.05, 0) is 60.0 Å². The Kier molecular flexibility index (Phi) is 6.05. The van der Waals surface area contributed by atoms with E-state index < -0.39 is 11.7 Å². The Morgan fingerprint density at radius 2 is 1.46 bits per heavy atom. The van der Waals surface area contributed by atoms with Gasteiger partial charge in [0.2, 0.25) is 0 Å². The molecule has 0 radical (unpaired) electrons. The average molecular weight is 335 g/mol. The Morgan fingerprint density at radius 1 is 0.917 bits per heavy atom. The molecule has 0 amide bonds. The van der Waals surface area contributed by atoms with Gasteiger partial charge in [0.25, 0.3) is 0 Å². The number of aryl methyl sites for hydroxylation is 1. The van der Waals surface area contributed by atoms with E-state index in [1.165, 1.54) is 11.1 Å². The molecule has 130 valence electrons. The first-order valence-electron chi connectivity index (χ1n) is 8.32. The number of nitrogens with two attached hydrogens (primary N) is 1. The highest BCUT2D eigenvalue weighted by molar-refractivity contribution is 5.32. The first-order valence-corrected chi connectivity index (χ1v) is 8.32. The normalized spacial score (nSPS) is 14.4. The summed E-state index contributed by atoms with van der Waals surface area (Å²) >= 11 is 0. The standard InChI is InChI=1S/C20H24F3N/c1-3-15-4-6-17(7-5-15)19(12-13-24)14(2)16-8-10-18(11-9-16)20(21,22)23/h4-11,14,19H,3,12-13,24H2,1-2H3. The van der Waals surface area contributed by atoms with Crippen LogP contribution in [0, 0.1) is 0 Å². The molecule has 1 nitrogen and oxygen atoms in total. The minimum Gasteiger partial charge on any atom is -0.330 e. The van der Waals surface area contributed by atoms with Gasteiger partial charge in [-0.3, -0.25) is 0 Å². The fourth-order valence-corrected chi connectivity index (χ4v) is 3.09. The summed E-state index contributed by atoms with van der Waals surface area (Å²) < 4.78 is 38.2. The van der Waals surface area contributed by atoms with Gasteiger partial charge in [-0.2, -0.15) is 13.2 Å². The lowest BCUT2D eigenvalue weighted by Gasteiger charge is -2.25. The van der Waals surface area contributed by atoms with Crippen LogP contribution in [-0.2, 0) is 12.6 Å². The molecule has 0 bridgehead atoms. The van der Waals surface area contributed by atoms with Gasteiger partial charge in [0.15, 0.2) is 0 Å². The van der Waals surface area contributed by atoms with E-state index in [4.69, 9.17) is 5.73 Å². The SMILES string of the molecule is CCc1ccc(C(CCN)C(C)c2ccc(C(F)(F)F)cc2)cc1. The van der Waals surface area contributed by atoms with E-state index in [0.29, 0.717) is 6.54 Å². The summed E-state index contributed by atoms with van der Waals surface area (Å²) in [5.41, 5.74) is 8.52. The van der Waals surface area contributed by atoms with E-state index >= 15 is 0 Å². The van der Waals surface area contributed by atoms with Gasteiger partial charge < -0.3 is 5.73 Å². The van der Waals surface area contributed by atoms with Crippen molar-refractivity contribution in [3.63, 3.8) is 0 Å². The Balaban J connectivity index is 2.26. The van der Waals surface area contributed by atoms with Crippen LogP contribution in [-0.4, -0.2) is 6.54 Å². The van der Waals surface area contributed by atoms with Crippen LogP contribution in [0.2, 0.25) is 0 Å². The lowest BCUT2D eigenvalue weighted by atomic mass is 9.80. The number of rotatable bonds is 6. The zero-order valence-electron chi connectivity index (χ0n) is 14.1. The largest absolute Gasteiger partial charge is 0.416 e. The monoisotopic (exact) mass is 335 g/mol. The molecule has 0 fully saturated rings. The topological polar surface area (TPSA) is 26.0 Å². The molecule has 0 saturated carbocycles. The van der Waals surface area contributed by atoms with Crippen LogP contribution < -0.4 is 5.73 Å². The van der Waals surface area contributed by atoms with E-state index in [2.05, 4.69) is 38.1 Å². The Bertz CT molecular complexity index is 629. The van der Waals surface area contributed by atoms with E-state index in [1.807, 2.05) is 0 Å². The molecule has 4 heteroatoms. The third-order valence-corrected chi connectivity index (χ3v) is 4.66. The fourth-order valence-electron chi connectivity index (χ4n) is 3.09. The highest BCUT2D eigenvalue weighted by Gasteiger charge is 2.30. The molecule has 2 N–H and O–H groups in total. The summed E-state index contributed by atoms with van der Waals surface area (Å²) in [6.07, 6.45) is -2.52. The predicted octanol–water partition coefficient (Wildman–Crippen LogP) is 5.50. The molecule has 0 heterocycles. The highest BCUT2D eigenvalue weighted by atomic mass is 19.4. The van der Waals surface area contributed by atoms with Crippen LogP contribution in [0.4, 0.5) is 13.2 Å². The first-order chi connectivity index (χ1) is 11.4. The highest BCUT2D eigenvalue weighted by Crippen LogP contribution is 2.37. The summed E-state index contributed by atoms with van der Waals surface area (Å²) in [5.74, 6) is 0.293. The second kappa shape index (κ2) is 7.84. The lowest BCUT2D eigenvalue weighted by molar-refractivity contribution is -0.137. The number of hydrogen-bond acceptors (Lipinski definition) is 1. The Hall–Kier alpha value is -1.81. The zero-order valence-corrected chi connectivity index (χ0v) is 14.1. The molecule has 2 aromatic rings. The molecular formula is C20H24F3N. The van der Waals surface area contributed by atoms with Crippen LogP contribution in [0.15, 0.2) is 48.5 Å². The molecule has 2 atom stereocenters. The third kappa shape index (κ3) is 4.38. The average Bonchev–Trinajstić information content (AvgIpc) is 2.58. The van der Waals surface area contributed by atoms with Gasteiger partial charge in [-0.1, -0.05) is 50.2 Å². The quantitative estimate of drug-likeness (QED) is 0.741. The maximum Gasteiger partial charge on any atom is 0.416 e. The summed E-state index contributed by atoms with van der Waals surface area (Å²) in [7, 11) is 0. The van der Waals surface area contributed by atoms with Crippen molar-refractivity contribution in [2.24, 2.45) is 5.73 Å². The van der Waals surface area contributed by atoms with E-state index in [1.54, 1.807) is 12.1 Å². The molecule has 0 spiro atoms. The molecule has 24 heavy (non-hydrogen) atoms. The predicted molar refractivity (Wildman–Crippen MR) is 92.1 cm³/mol. The van der Waals surface area contributed by atoms with Crippen molar-refractivity contribution >= 4 is 0 Å². The summed E-state index contributed by atoms with van der Waals surface area (Å²) in [5, 5.41) is 0. The van der Waals surface area contributed by atoms with Crippen LogP contribution >= 0.6 is 0 Å². The minimum absolute atomic E-state index is 0.100. The molecular weight excluding hydrogens is 311 g/mol. The van der Waals surface area contributed by atoms with Gasteiger partial charge in [-0.25, -0.2) is 0 Å². The van der Waals surface area contributed by atoms with Crippen molar-refractivity contribution < 1.29 is 13.2 Å². The van der Waals surface area contributed by atoms with Crippen LogP contribution in [0.1, 0.15) is 54.4 Å². The van der Waals surface area contributed by atoms with Crippen molar-refractivity contribution in [2.45, 2.75) is 44.7 Å². The molecule has 0 saturated heterocycles. The van der Waals surface area contributed by atoms with Gasteiger partial charge in [0.1, 0.15) is 0 Å². The minimum atomic E-state index is -4.30.